The van der Waals surface area contributed by atoms with Crippen molar-refractivity contribution >= 4 is 62.8 Å². The van der Waals surface area contributed by atoms with Gasteiger partial charge in [0.1, 0.15) is 17.0 Å². The number of amides is 2. The van der Waals surface area contributed by atoms with Crippen molar-refractivity contribution in [3.05, 3.63) is 82.1 Å². The number of hydrogen-bond donors (Lipinski definition) is 0. The van der Waals surface area contributed by atoms with Crippen molar-refractivity contribution in [3.8, 4) is 11.3 Å². The second-order valence-electron chi connectivity index (χ2n) is 13.5. The number of halogens is 3. The zero-order valence-electron chi connectivity index (χ0n) is 26.8. The summed E-state index contributed by atoms with van der Waals surface area (Å²) in [7, 11) is 0. The van der Waals surface area contributed by atoms with Gasteiger partial charge in [0.15, 0.2) is 11.9 Å². The highest BCUT2D eigenvalue weighted by Gasteiger charge is 2.71. The van der Waals surface area contributed by atoms with E-state index in [9.17, 15) is 18.4 Å². The van der Waals surface area contributed by atoms with Crippen molar-refractivity contribution in [2.24, 2.45) is 11.8 Å². The molecule has 51 heavy (non-hydrogen) atoms. The van der Waals surface area contributed by atoms with E-state index in [-0.39, 0.29) is 41.4 Å². The van der Waals surface area contributed by atoms with Gasteiger partial charge in [-0.05, 0) is 73.0 Å². The van der Waals surface area contributed by atoms with Crippen molar-refractivity contribution in [1.29, 1.82) is 0 Å². The summed E-state index contributed by atoms with van der Waals surface area (Å²) >= 11 is 8.20. The average molecular weight is 728 g/mol. The van der Waals surface area contributed by atoms with Crippen LogP contribution in [0.5, 0.6) is 0 Å². The first kappa shape index (κ1) is 30.9. The van der Waals surface area contributed by atoms with E-state index in [1.165, 1.54) is 22.6 Å². The maximum absolute atomic E-state index is 13.4. The molecule has 2 aromatic carbocycles. The highest BCUT2D eigenvalue weighted by molar-refractivity contribution is 7.03. The first-order valence-electron chi connectivity index (χ1n) is 16.8. The molecule has 16 heteroatoms. The number of hydrogen-bond acceptors (Lipinski definition) is 10. The fourth-order valence-corrected chi connectivity index (χ4v) is 9.32. The van der Waals surface area contributed by atoms with E-state index in [0.29, 0.717) is 74.6 Å². The number of carbonyl (C=O) groups excluding carboxylic acids is 2. The average Bonchev–Trinajstić information content (AvgIpc) is 3.88. The second kappa shape index (κ2) is 11.3. The van der Waals surface area contributed by atoms with Gasteiger partial charge in [0.2, 0.25) is 0 Å². The maximum Gasteiger partial charge on any atom is 0.333 e. The number of fused-ring (bicyclic) bond motifs is 4. The minimum atomic E-state index is -2.80. The van der Waals surface area contributed by atoms with Gasteiger partial charge >= 0.3 is 6.55 Å². The van der Waals surface area contributed by atoms with E-state index in [1.54, 1.807) is 47.3 Å². The number of ether oxygens (including phenoxy) is 1. The number of alkyl halides is 2. The smallest absolute Gasteiger partial charge is 0.333 e. The van der Waals surface area contributed by atoms with Crippen LogP contribution in [-0.2, 0) is 10.2 Å². The first-order chi connectivity index (χ1) is 24.8. The summed E-state index contributed by atoms with van der Waals surface area (Å²) in [5.74, 6) is 0.427. The Hall–Kier alpha value is -4.86. The molecule has 1 saturated carbocycles. The molecule has 0 N–H and O–H groups in total. The molecule has 10 rings (SSSR count). The molecule has 3 aliphatic heterocycles. The molecule has 0 bridgehead atoms. The fraction of sp³-hybridized carbons (Fsp3) is 0.343. The zero-order chi connectivity index (χ0) is 34.6. The topological polar surface area (TPSA) is 124 Å². The van der Waals surface area contributed by atoms with Crippen LogP contribution >= 0.6 is 23.1 Å². The molecule has 4 aromatic heterocycles. The Morgan fingerprint density at radius 2 is 1.78 bits per heavy atom. The van der Waals surface area contributed by atoms with E-state index < -0.39 is 12.0 Å². The minimum absolute atomic E-state index is 0.142. The summed E-state index contributed by atoms with van der Waals surface area (Å²) in [5, 5.41) is 11.5. The lowest BCUT2D eigenvalue weighted by atomic mass is 9.94. The Balaban J connectivity index is 0.990. The van der Waals surface area contributed by atoms with Crippen LogP contribution in [-0.4, -0.2) is 76.9 Å². The molecule has 1 aliphatic carbocycles. The van der Waals surface area contributed by atoms with Crippen LogP contribution in [0.3, 0.4) is 0 Å². The molecule has 1 unspecified atom stereocenters. The quantitative estimate of drug-likeness (QED) is 0.173. The van der Waals surface area contributed by atoms with Crippen LogP contribution in [0, 0.1) is 11.8 Å². The molecular weight excluding hydrogens is 700 g/mol. The van der Waals surface area contributed by atoms with Gasteiger partial charge in [-0.3, -0.25) is 14.5 Å². The Morgan fingerprint density at radius 3 is 2.47 bits per heavy atom. The van der Waals surface area contributed by atoms with Gasteiger partial charge in [-0.2, -0.15) is 23.4 Å². The SMILES string of the molecule is O=C1c2ccccc2C(=O)N1C[C@@]1(c2ccsn2)[C@@H]2CN(c3cnc4c(-c5ccc6nn(C(F)F)cc6c5Cl)nn(C5CCCCO5)c4n3)C[C@@H]21. The first-order valence-corrected chi connectivity index (χ1v) is 18.0. The van der Waals surface area contributed by atoms with Gasteiger partial charge < -0.3 is 9.64 Å². The van der Waals surface area contributed by atoms with Crippen molar-refractivity contribution in [1.82, 2.24) is 38.8 Å². The van der Waals surface area contributed by atoms with Gasteiger partial charge in [-0.15, -0.1) is 0 Å². The van der Waals surface area contributed by atoms with Crippen molar-refractivity contribution in [2.75, 3.05) is 31.1 Å². The predicted octanol–water partition coefficient (Wildman–Crippen LogP) is 6.35. The number of rotatable bonds is 7. The molecule has 6 aromatic rings. The monoisotopic (exact) mass is 727 g/mol. The standard InChI is InChI=1S/C35H28ClF2N9O3S/c36-28-20(8-9-24-21(28)14-46(41-24)34(37)38)29-30-31(47(42-29)27-7-3-4-11-50-27)40-26(13-39-30)44-15-22-23(16-44)35(22,25-10-12-51-43-25)17-45-32(48)18-5-1-2-6-19(18)33(45)49/h1-2,5-6,8-10,12-14,22-23,27,34H,3-4,7,11,15-17H2/t22-,23+,27?,35-. The normalized spacial score (nSPS) is 24.4. The van der Waals surface area contributed by atoms with Gasteiger partial charge in [-0.1, -0.05) is 23.7 Å². The molecule has 12 nitrogen and oxygen atoms in total. The summed E-state index contributed by atoms with van der Waals surface area (Å²) in [6, 6.07) is 12.3. The third-order valence-electron chi connectivity index (χ3n) is 11.0. The number of nitrogens with zero attached hydrogens (tertiary/aromatic N) is 9. The maximum atomic E-state index is 13.4. The summed E-state index contributed by atoms with van der Waals surface area (Å²) in [6.45, 7) is -0.648. The Kier molecular flexibility index (Phi) is 6.86. The number of carbonyl (C=O) groups is 2. The van der Waals surface area contributed by atoms with Crippen molar-refractivity contribution < 1.29 is 23.1 Å². The zero-order valence-corrected chi connectivity index (χ0v) is 28.4. The summed E-state index contributed by atoms with van der Waals surface area (Å²) in [4.78, 5) is 40.3. The molecule has 2 saturated heterocycles. The number of piperidine rings is 1. The summed E-state index contributed by atoms with van der Waals surface area (Å²) in [6.07, 6.45) is 5.27. The molecule has 4 atom stereocenters. The number of benzene rings is 2. The van der Waals surface area contributed by atoms with Crippen molar-refractivity contribution in [3.63, 3.8) is 0 Å². The van der Waals surface area contributed by atoms with E-state index >= 15 is 0 Å². The molecule has 258 valence electrons. The van der Waals surface area contributed by atoms with E-state index in [4.69, 9.17) is 35.8 Å². The van der Waals surface area contributed by atoms with Crippen LogP contribution in [0.4, 0.5) is 14.6 Å². The fourth-order valence-electron chi connectivity index (χ4n) is 8.43. The largest absolute Gasteiger partial charge is 0.356 e. The van der Waals surface area contributed by atoms with E-state index in [0.717, 1.165) is 25.0 Å². The highest BCUT2D eigenvalue weighted by Crippen LogP contribution is 2.64. The van der Waals surface area contributed by atoms with E-state index in [1.807, 2.05) is 11.4 Å². The molecule has 0 radical (unpaired) electrons. The van der Waals surface area contributed by atoms with Crippen molar-refractivity contribution in [2.45, 2.75) is 37.5 Å². The molecule has 2 amide bonds. The highest BCUT2D eigenvalue weighted by atomic mass is 35.5. The Labute approximate surface area is 297 Å². The number of anilines is 1. The van der Waals surface area contributed by atoms with Crippen LogP contribution < -0.4 is 4.90 Å². The molecular formula is C35H28ClF2N9O3S. The summed E-state index contributed by atoms with van der Waals surface area (Å²) in [5.41, 5.74) is 3.74. The van der Waals surface area contributed by atoms with Gasteiger partial charge in [0, 0.05) is 54.2 Å². The van der Waals surface area contributed by atoms with Crippen LogP contribution in [0.2, 0.25) is 5.02 Å². The van der Waals surface area contributed by atoms with Gasteiger partial charge in [-0.25, -0.2) is 19.3 Å². The van der Waals surface area contributed by atoms with Crippen LogP contribution in [0.1, 0.15) is 58.4 Å². The van der Waals surface area contributed by atoms with Gasteiger partial charge in [0.25, 0.3) is 11.8 Å². The predicted molar refractivity (Wildman–Crippen MR) is 184 cm³/mol. The molecule has 0 spiro atoms. The minimum Gasteiger partial charge on any atom is -0.356 e. The molecule has 3 fully saturated rings. The molecule has 4 aliphatic rings. The second-order valence-corrected chi connectivity index (χ2v) is 14.6. The lowest BCUT2D eigenvalue weighted by Gasteiger charge is -2.29. The summed E-state index contributed by atoms with van der Waals surface area (Å²) < 4.78 is 40.1. The molecule has 7 heterocycles. The third kappa shape index (κ3) is 4.53. The van der Waals surface area contributed by atoms with E-state index in [2.05, 4.69) is 10.00 Å². The van der Waals surface area contributed by atoms with Gasteiger partial charge in [0.05, 0.1) is 33.6 Å². The Bertz CT molecular complexity index is 2350. The Morgan fingerprint density at radius 1 is 1.00 bits per heavy atom. The lowest BCUT2D eigenvalue weighted by molar-refractivity contribution is -0.0368. The third-order valence-corrected chi connectivity index (χ3v) is 12.0. The number of imide groups is 1. The van der Waals surface area contributed by atoms with Crippen LogP contribution in [0.15, 0.2) is 60.2 Å². The van der Waals surface area contributed by atoms with Crippen LogP contribution in [0.25, 0.3) is 33.3 Å². The lowest BCUT2D eigenvalue weighted by Crippen LogP contribution is -2.42. The number of aromatic nitrogens is 7.